The molecule has 0 aromatic heterocycles. The zero-order chi connectivity index (χ0) is 19.1. The van der Waals surface area contributed by atoms with Gasteiger partial charge in [0.2, 0.25) is 5.91 Å². The fraction of sp³-hybridized carbons (Fsp3) is 0.222. The van der Waals surface area contributed by atoms with Crippen molar-refractivity contribution in [3.63, 3.8) is 0 Å². The standard InChI is InChI=1S/C18H18N2O6/c1-26-18(23)14(19-17(22)11-12-5-3-2-4-6-12)9-13-7-8-16(21)15(10-13)20(24)25/h2-8,10,14,21H,9,11H2,1H3,(H,19,22)/t14-/m0/s1. The van der Waals surface area contributed by atoms with Gasteiger partial charge in [-0.15, -0.1) is 0 Å². The van der Waals surface area contributed by atoms with Crippen LogP contribution in [0.25, 0.3) is 0 Å². The molecule has 0 saturated carbocycles. The first-order chi connectivity index (χ1) is 12.4. The number of hydrogen-bond acceptors (Lipinski definition) is 6. The van der Waals surface area contributed by atoms with Crippen LogP contribution in [0.5, 0.6) is 5.75 Å². The van der Waals surface area contributed by atoms with Gasteiger partial charge in [0.25, 0.3) is 0 Å². The van der Waals surface area contributed by atoms with E-state index in [2.05, 4.69) is 5.32 Å². The molecule has 0 spiro atoms. The van der Waals surface area contributed by atoms with Crippen molar-refractivity contribution in [3.05, 3.63) is 69.8 Å². The maximum Gasteiger partial charge on any atom is 0.328 e. The quantitative estimate of drug-likeness (QED) is 0.442. The van der Waals surface area contributed by atoms with Gasteiger partial charge in [-0.3, -0.25) is 14.9 Å². The number of methoxy groups -OCH3 is 1. The topological polar surface area (TPSA) is 119 Å². The van der Waals surface area contributed by atoms with Crippen LogP contribution < -0.4 is 5.32 Å². The van der Waals surface area contributed by atoms with Crippen molar-refractivity contribution in [2.45, 2.75) is 18.9 Å². The molecule has 0 aliphatic carbocycles. The molecule has 1 amide bonds. The van der Waals surface area contributed by atoms with Gasteiger partial charge in [0.15, 0.2) is 5.75 Å². The van der Waals surface area contributed by atoms with Gasteiger partial charge < -0.3 is 15.2 Å². The van der Waals surface area contributed by atoms with Crippen molar-refractivity contribution in [1.29, 1.82) is 0 Å². The van der Waals surface area contributed by atoms with E-state index in [1.54, 1.807) is 24.3 Å². The van der Waals surface area contributed by atoms with Crippen molar-refractivity contribution >= 4 is 17.6 Å². The van der Waals surface area contributed by atoms with E-state index in [-0.39, 0.29) is 18.7 Å². The van der Waals surface area contributed by atoms with E-state index in [9.17, 15) is 24.8 Å². The van der Waals surface area contributed by atoms with E-state index in [0.29, 0.717) is 5.56 Å². The van der Waals surface area contributed by atoms with Crippen LogP contribution >= 0.6 is 0 Å². The highest BCUT2D eigenvalue weighted by Crippen LogP contribution is 2.26. The number of nitrogens with one attached hydrogen (secondary N) is 1. The molecule has 8 nitrogen and oxygen atoms in total. The summed E-state index contributed by atoms with van der Waals surface area (Å²) < 4.78 is 4.70. The van der Waals surface area contributed by atoms with Crippen LogP contribution in [0, 0.1) is 10.1 Å². The lowest BCUT2D eigenvalue weighted by molar-refractivity contribution is -0.385. The average Bonchev–Trinajstić information content (AvgIpc) is 2.62. The number of aromatic hydroxyl groups is 1. The SMILES string of the molecule is COC(=O)[C@H](Cc1ccc(O)c([N+](=O)[O-])c1)NC(=O)Cc1ccccc1. The first-order valence-electron chi connectivity index (χ1n) is 7.78. The van der Waals surface area contributed by atoms with Crippen molar-refractivity contribution in [2.24, 2.45) is 0 Å². The number of phenols is 1. The van der Waals surface area contributed by atoms with Crippen molar-refractivity contribution in [1.82, 2.24) is 5.32 Å². The Morgan fingerprint density at radius 1 is 1.19 bits per heavy atom. The number of carbonyl (C=O) groups excluding carboxylic acids is 2. The molecule has 26 heavy (non-hydrogen) atoms. The minimum atomic E-state index is -1.000. The third-order valence-electron chi connectivity index (χ3n) is 3.70. The van der Waals surface area contributed by atoms with Crippen LogP contribution in [0.2, 0.25) is 0 Å². The van der Waals surface area contributed by atoms with Crippen LogP contribution in [0.3, 0.4) is 0 Å². The average molecular weight is 358 g/mol. The molecule has 0 saturated heterocycles. The van der Waals surface area contributed by atoms with Gasteiger partial charge in [-0.25, -0.2) is 4.79 Å². The summed E-state index contributed by atoms with van der Waals surface area (Å²) >= 11 is 0. The van der Waals surface area contributed by atoms with Crippen LogP contribution in [-0.2, 0) is 27.2 Å². The number of nitro groups is 1. The summed E-state index contributed by atoms with van der Waals surface area (Å²) in [5.74, 6) is -1.51. The van der Waals surface area contributed by atoms with Crippen LogP contribution in [0.1, 0.15) is 11.1 Å². The predicted molar refractivity (Wildman–Crippen MR) is 92.6 cm³/mol. The fourth-order valence-corrected chi connectivity index (χ4v) is 2.44. The molecule has 0 unspecified atom stereocenters. The summed E-state index contributed by atoms with van der Waals surface area (Å²) in [6.45, 7) is 0. The summed E-state index contributed by atoms with van der Waals surface area (Å²) in [5, 5.41) is 23.0. The number of carbonyl (C=O) groups is 2. The van der Waals surface area contributed by atoms with E-state index in [0.717, 1.165) is 11.6 Å². The van der Waals surface area contributed by atoms with Crippen LogP contribution in [0.15, 0.2) is 48.5 Å². The number of nitrogens with zero attached hydrogens (tertiary/aromatic N) is 1. The summed E-state index contributed by atoms with van der Waals surface area (Å²) in [7, 11) is 1.19. The maximum absolute atomic E-state index is 12.2. The third-order valence-corrected chi connectivity index (χ3v) is 3.70. The summed E-state index contributed by atoms with van der Waals surface area (Å²) in [4.78, 5) is 34.4. The van der Waals surface area contributed by atoms with Gasteiger partial charge >= 0.3 is 11.7 Å². The normalized spacial score (nSPS) is 11.4. The monoisotopic (exact) mass is 358 g/mol. The molecule has 2 aromatic carbocycles. The molecule has 0 aliphatic rings. The molecule has 0 heterocycles. The molecule has 0 aliphatic heterocycles. The molecular formula is C18H18N2O6. The first-order valence-corrected chi connectivity index (χ1v) is 7.78. The maximum atomic E-state index is 12.2. The molecular weight excluding hydrogens is 340 g/mol. The molecule has 8 heteroatoms. The second-order valence-corrected chi connectivity index (χ2v) is 5.59. The van der Waals surface area contributed by atoms with E-state index in [1.165, 1.54) is 19.2 Å². The van der Waals surface area contributed by atoms with Gasteiger partial charge in [0.1, 0.15) is 6.04 Å². The van der Waals surface area contributed by atoms with Crippen molar-refractivity contribution in [3.8, 4) is 5.75 Å². The molecule has 2 rings (SSSR count). The second kappa shape index (κ2) is 8.61. The van der Waals surface area contributed by atoms with Crippen molar-refractivity contribution < 1.29 is 24.4 Å². The van der Waals surface area contributed by atoms with E-state index in [1.807, 2.05) is 6.07 Å². The van der Waals surface area contributed by atoms with Gasteiger partial charge in [-0.05, 0) is 17.2 Å². The lowest BCUT2D eigenvalue weighted by Gasteiger charge is -2.17. The smallest absolute Gasteiger partial charge is 0.328 e. The summed E-state index contributed by atoms with van der Waals surface area (Å²) in [6.07, 6.45) is 0.0817. The highest BCUT2D eigenvalue weighted by molar-refractivity contribution is 5.85. The van der Waals surface area contributed by atoms with E-state index < -0.39 is 28.4 Å². The zero-order valence-corrected chi connectivity index (χ0v) is 14.0. The molecule has 0 fully saturated rings. The predicted octanol–water partition coefficient (Wildman–Crippen LogP) is 1.74. The summed E-state index contributed by atoms with van der Waals surface area (Å²) in [5.41, 5.74) is 0.723. The zero-order valence-electron chi connectivity index (χ0n) is 14.0. The largest absolute Gasteiger partial charge is 0.502 e. The second-order valence-electron chi connectivity index (χ2n) is 5.59. The Kier molecular flexibility index (Phi) is 6.26. The molecule has 2 aromatic rings. The Labute approximate surface area is 149 Å². The van der Waals surface area contributed by atoms with E-state index >= 15 is 0 Å². The first kappa shape index (κ1) is 18.9. The number of amides is 1. The van der Waals surface area contributed by atoms with Gasteiger partial charge in [0, 0.05) is 12.5 Å². The molecule has 1 atom stereocenters. The lowest BCUT2D eigenvalue weighted by atomic mass is 10.0. The number of benzene rings is 2. The Balaban J connectivity index is 2.12. The minimum Gasteiger partial charge on any atom is -0.502 e. The molecule has 0 radical (unpaired) electrons. The Hall–Kier alpha value is -3.42. The van der Waals surface area contributed by atoms with Gasteiger partial charge in [0.05, 0.1) is 18.5 Å². The minimum absolute atomic E-state index is 0.00563. The number of rotatable bonds is 7. The number of ether oxygens (including phenoxy) is 1. The number of phenolic OH excluding ortho intramolecular Hbond substituents is 1. The lowest BCUT2D eigenvalue weighted by Crippen LogP contribution is -2.43. The van der Waals surface area contributed by atoms with Crippen LogP contribution in [-0.4, -0.2) is 35.1 Å². The van der Waals surface area contributed by atoms with Gasteiger partial charge in [-0.2, -0.15) is 0 Å². The fourth-order valence-electron chi connectivity index (χ4n) is 2.44. The van der Waals surface area contributed by atoms with E-state index in [4.69, 9.17) is 4.74 Å². The van der Waals surface area contributed by atoms with Gasteiger partial charge in [-0.1, -0.05) is 36.4 Å². The number of esters is 1. The molecule has 2 N–H and O–H groups in total. The van der Waals surface area contributed by atoms with Crippen LogP contribution in [0.4, 0.5) is 5.69 Å². The number of nitro benzene ring substituents is 1. The Morgan fingerprint density at radius 2 is 1.88 bits per heavy atom. The molecule has 136 valence electrons. The van der Waals surface area contributed by atoms with Crippen molar-refractivity contribution in [2.75, 3.05) is 7.11 Å². The third kappa shape index (κ3) is 5.04. The Bertz CT molecular complexity index is 807. The number of hydrogen-bond donors (Lipinski definition) is 2. The molecule has 0 bridgehead atoms. The highest BCUT2D eigenvalue weighted by atomic mass is 16.6. The summed E-state index contributed by atoms with van der Waals surface area (Å²) in [6, 6.07) is 11.8. The highest BCUT2D eigenvalue weighted by Gasteiger charge is 2.23. The Morgan fingerprint density at radius 3 is 2.50 bits per heavy atom.